The van der Waals surface area contributed by atoms with Gasteiger partial charge in [0.25, 0.3) is 0 Å². The van der Waals surface area contributed by atoms with Crippen molar-refractivity contribution in [2.75, 3.05) is 7.11 Å². The van der Waals surface area contributed by atoms with Crippen LogP contribution in [-0.2, 0) is 12.8 Å². The second-order valence-corrected chi connectivity index (χ2v) is 4.34. The van der Waals surface area contributed by atoms with E-state index < -0.39 is 0 Å². The fraction of sp³-hybridized carbons (Fsp3) is 0.267. The Labute approximate surface area is 108 Å². The van der Waals surface area contributed by atoms with Gasteiger partial charge in [-0.15, -0.1) is 0 Å². The first-order chi connectivity index (χ1) is 8.79. The third kappa shape index (κ3) is 3.31. The zero-order valence-electron chi connectivity index (χ0n) is 10.5. The summed E-state index contributed by atoms with van der Waals surface area (Å²) in [5.74, 6) is 0.905. The Kier molecular flexibility index (Phi) is 4.31. The molecule has 2 N–H and O–H groups in total. The van der Waals surface area contributed by atoms with Crippen LogP contribution in [0.15, 0.2) is 48.8 Å². The van der Waals surface area contributed by atoms with Crippen LogP contribution in [0.5, 0.6) is 5.75 Å². The van der Waals surface area contributed by atoms with Gasteiger partial charge in [0.15, 0.2) is 0 Å². The van der Waals surface area contributed by atoms with Crippen molar-refractivity contribution >= 4 is 0 Å². The number of nitrogens with two attached hydrogens (primary N) is 1. The highest BCUT2D eigenvalue weighted by Crippen LogP contribution is 2.19. The van der Waals surface area contributed by atoms with Crippen LogP contribution in [0.2, 0.25) is 0 Å². The predicted octanol–water partition coefficient (Wildman–Crippen LogP) is 2.20. The molecule has 1 atom stereocenters. The third-order valence-electron chi connectivity index (χ3n) is 2.92. The van der Waals surface area contributed by atoms with Crippen molar-refractivity contribution in [2.45, 2.75) is 18.9 Å². The highest BCUT2D eigenvalue weighted by atomic mass is 16.5. The normalized spacial score (nSPS) is 12.1. The summed E-state index contributed by atoms with van der Waals surface area (Å²) < 4.78 is 5.33. The average molecular weight is 242 g/mol. The van der Waals surface area contributed by atoms with Gasteiger partial charge in [0.2, 0.25) is 0 Å². The SMILES string of the molecule is COc1ccccc1CC(N)Cc1ccncc1. The molecule has 0 radical (unpaired) electrons. The maximum atomic E-state index is 6.19. The quantitative estimate of drug-likeness (QED) is 0.874. The van der Waals surface area contributed by atoms with Crippen molar-refractivity contribution in [3.8, 4) is 5.75 Å². The molecular weight excluding hydrogens is 224 g/mol. The fourth-order valence-corrected chi connectivity index (χ4v) is 2.05. The standard InChI is InChI=1S/C15H18N2O/c1-18-15-5-3-2-4-13(15)11-14(16)10-12-6-8-17-9-7-12/h2-9,14H,10-11,16H2,1H3. The van der Waals surface area contributed by atoms with Crippen LogP contribution in [0.25, 0.3) is 0 Å². The molecule has 1 aromatic heterocycles. The number of methoxy groups -OCH3 is 1. The molecule has 0 amide bonds. The summed E-state index contributed by atoms with van der Waals surface area (Å²) in [4.78, 5) is 4.00. The van der Waals surface area contributed by atoms with E-state index in [1.807, 2.05) is 30.3 Å². The van der Waals surface area contributed by atoms with Crippen LogP contribution in [-0.4, -0.2) is 18.1 Å². The Balaban J connectivity index is 2.01. The van der Waals surface area contributed by atoms with Crippen LogP contribution >= 0.6 is 0 Å². The van der Waals surface area contributed by atoms with E-state index in [-0.39, 0.29) is 6.04 Å². The lowest BCUT2D eigenvalue weighted by molar-refractivity contribution is 0.408. The first-order valence-electron chi connectivity index (χ1n) is 6.06. The smallest absolute Gasteiger partial charge is 0.122 e. The van der Waals surface area contributed by atoms with Crippen molar-refractivity contribution in [1.82, 2.24) is 4.98 Å². The molecule has 2 aromatic rings. The summed E-state index contributed by atoms with van der Waals surface area (Å²) in [7, 11) is 1.69. The third-order valence-corrected chi connectivity index (χ3v) is 2.92. The second-order valence-electron chi connectivity index (χ2n) is 4.34. The topological polar surface area (TPSA) is 48.1 Å². The van der Waals surface area contributed by atoms with Crippen molar-refractivity contribution in [1.29, 1.82) is 0 Å². The molecule has 1 unspecified atom stereocenters. The van der Waals surface area contributed by atoms with Crippen molar-refractivity contribution < 1.29 is 4.74 Å². The van der Waals surface area contributed by atoms with E-state index in [4.69, 9.17) is 10.5 Å². The number of hydrogen-bond acceptors (Lipinski definition) is 3. The molecule has 0 fully saturated rings. The van der Waals surface area contributed by atoms with E-state index >= 15 is 0 Å². The maximum absolute atomic E-state index is 6.19. The molecular formula is C15H18N2O. The Morgan fingerprint density at radius 3 is 2.56 bits per heavy atom. The lowest BCUT2D eigenvalue weighted by Gasteiger charge is -2.14. The van der Waals surface area contributed by atoms with Gasteiger partial charge in [0, 0.05) is 18.4 Å². The Hall–Kier alpha value is -1.87. The average Bonchev–Trinajstić information content (AvgIpc) is 2.40. The van der Waals surface area contributed by atoms with Gasteiger partial charge in [-0.2, -0.15) is 0 Å². The molecule has 2 rings (SSSR count). The summed E-state index contributed by atoms with van der Waals surface area (Å²) in [6.45, 7) is 0. The molecule has 0 aliphatic rings. The van der Waals surface area contributed by atoms with Gasteiger partial charge in [0.1, 0.15) is 5.75 Å². The summed E-state index contributed by atoms with van der Waals surface area (Å²) in [5.41, 5.74) is 8.55. The highest BCUT2D eigenvalue weighted by Gasteiger charge is 2.08. The summed E-state index contributed by atoms with van der Waals surface area (Å²) in [6, 6.07) is 12.1. The minimum absolute atomic E-state index is 0.0868. The van der Waals surface area contributed by atoms with Crippen LogP contribution in [0, 0.1) is 0 Å². The molecule has 0 saturated heterocycles. The van der Waals surface area contributed by atoms with Crippen molar-refractivity contribution in [3.05, 3.63) is 59.9 Å². The number of nitrogens with zero attached hydrogens (tertiary/aromatic N) is 1. The Morgan fingerprint density at radius 1 is 1.11 bits per heavy atom. The largest absolute Gasteiger partial charge is 0.496 e. The molecule has 3 heteroatoms. The van der Waals surface area contributed by atoms with Crippen LogP contribution < -0.4 is 10.5 Å². The molecule has 18 heavy (non-hydrogen) atoms. The van der Waals surface area contributed by atoms with Crippen molar-refractivity contribution in [3.63, 3.8) is 0 Å². The van der Waals surface area contributed by atoms with Gasteiger partial charge in [0.05, 0.1) is 7.11 Å². The van der Waals surface area contributed by atoms with Gasteiger partial charge < -0.3 is 10.5 Å². The Morgan fingerprint density at radius 2 is 1.83 bits per heavy atom. The van der Waals surface area contributed by atoms with Gasteiger partial charge in [-0.1, -0.05) is 18.2 Å². The summed E-state index contributed by atoms with van der Waals surface area (Å²) in [6.07, 6.45) is 5.25. The summed E-state index contributed by atoms with van der Waals surface area (Å²) in [5, 5.41) is 0. The number of para-hydroxylation sites is 1. The lowest BCUT2D eigenvalue weighted by Crippen LogP contribution is -2.25. The molecule has 1 heterocycles. The monoisotopic (exact) mass is 242 g/mol. The molecule has 1 aromatic carbocycles. The number of aromatic nitrogens is 1. The highest BCUT2D eigenvalue weighted by molar-refractivity contribution is 5.34. The van der Waals surface area contributed by atoms with E-state index in [2.05, 4.69) is 11.1 Å². The van der Waals surface area contributed by atoms with Gasteiger partial charge in [-0.05, 0) is 42.2 Å². The fourth-order valence-electron chi connectivity index (χ4n) is 2.05. The van der Waals surface area contributed by atoms with Crippen LogP contribution in [0.1, 0.15) is 11.1 Å². The molecule has 0 bridgehead atoms. The minimum Gasteiger partial charge on any atom is -0.496 e. The number of hydrogen-bond donors (Lipinski definition) is 1. The van der Waals surface area contributed by atoms with Crippen molar-refractivity contribution in [2.24, 2.45) is 5.73 Å². The van der Waals surface area contributed by atoms with E-state index in [0.29, 0.717) is 0 Å². The number of pyridine rings is 1. The number of rotatable bonds is 5. The number of ether oxygens (including phenoxy) is 1. The number of benzene rings is 1. The molecule has 0 aliphatic heterocycles. The maximum Gasteiger partial charge on any atom is 0.122 e. The first kappa shape index (κ1) is 12.6. The van der Waals surface area contributed by atoms with E-state index in [0.717, 1.165) is 24.2 Å². The molecule has 3 nitrogen and oxygen atoms in total. The summed E-state index contributed by atoms with van der Waals surface area (Å²) >= 11 is 0. The molecule has 0 aliphatic carbocycles. The van der Waals surface area contributed by atoms with Gasteiger partial charge in [-0.25, -0.2) is 0 Å². The predicted molar refractivity (Wildman–Crippen MR) is 72.6 cm³/mol. The van der Waals surface area contributed by atoms with Gasteiger partial charge >= 0.3 is 0 Å². The van der Waals surface area contributed by atoms with Gasteiger partial charge in [-0.3, -0.25) is 4.98 Å². The van der Waals surface area contributed by atoms with E-state index in [1.165, 1.54) is 5.56 Å². The zero-order valence-corrected chi connectivity index (χ0v) is 10.5. The van der Waals surface area contributed by atoms with Crippen LogP contribution in [0.3, 0.4) is 0 Å². The van der Waals surface area contributed by atoms with E-state index in [1.54, 1.807) is 19.5 Å². The Bertz CT molecular complexity index is 485. The lowest BCUT2D eigenvalue weighted by atomic mass is 10.00. The van der Waals surface area contributed by atoms with E-state index in [9.17, 15) is 0 Å². The first-order valence-corrected chi connectivity index (χ1v) is 6.06. The van der Waals surface area contributed by atoms with Crippen LogP contribution in [0.4, 0.5) is 0 Å². The molecule has 0 saturated carbocycles. The zero-order chi connectivity index (χ0) is 12.8. The molecule has 94 valence electrons. The molecule has 0 spiro atoms. The minimum atomic E-state index is 0.0868. The second kappa shape index (κ2) is 6.17.